The molecule has 0 aromatic heterocycles. The normalized spacial score (nSPS) is 16.1. The molecule has 14 heteroatoms. The van der Waals surface area contributed by atoms with E-state index in [1.165, 1.54) is 0 Å². The Balaban J connectivity index is 1.12. The lowest BCUT2D eigenvalue weighted by Crippen LogP contribution is -2.52. The Hall–Kier alpha value is -6.36. The molecule has 1 aliphatic rings. The molecule has 65 heavy (non-hydrogen) atoms. The summed E-state index contributed by atoms with van der Waals surface area (Å²) >= 11 is 0. The number of methoxy groups -OCH3 is 2. The van der Waals surface area contributed by atoms with Crippen molar-refractivity contribution in [2.24, 2.45) is 5.92 Å². The molecule has 1 fully saturated rings. The maximum Gasteiger partial charge on any atom is 0.338 e. The van der Waals surface area contributed by atoms with Gasteiger partial charge < -0.3 is 38.4 Å². The quantitative estimate of drug-likeness (QED) is 0.0361. The van der Waals surface area contributed by atoms with E-state index in [0.717, 1.165) is 39.0 Å². The Labute approximate surface area is 377 Å². The summed E-state index contributed by atoms with van der Waals surface area (Å²) in [5.41, 5.74) is 4.81. The fourth-order valence-corrected chi connectivity index (χ4v) is 8.07. The summed E-state index contributed by atoms with van der Waals surface area (Å²) in [5.74, 6) is 0.657. The lowest BCUT2D eigenvalue weighted by molar-refractivity contribution is -0.497. The molecule has 1 heterocycles. The third-order valence-electron chi connectivity index (χ3n) is 11.4. The summed E-state index contributed by atoms with van der Waals surface area (Å²) < 4.78 is 36.1. The van der Waals surface area contributed by atoms with Gasteiger partial charge in [0.05, 0.1) is 77.5 Å². The monoisotopic (exact) mass is 886 g/mol. The van der Waals surface area contributed by atoms with E-state index in [2.05, 4.69) is 10.9 Å². The molecule has 1 saturated heterocycles. The Kier molecular flexibility index (Phi) is 16.5. The minimum atomic E-state index is -0.568. The van der Waals surface area contributed by atoms with Crippen LogP contribution < -0.4 is 14.2 Å². The van der Waals surface area contributed by atoms with Crippen LogP contribution in [-0.4, -0.2) is 90.9 Å². The first kappa shape index (κ1) is 46.6. The average Bonchev–Trinajstić information content (AvgIpc) is 3.35. The number of hydrogen-bond acceptors (Lipinski definition) is 13. The third-order valence-corrected chi connectivity index (χ3v) is 11.4. The van der Waals surface area contributed by atoms with Crippen molar-refractivity contribution in [2.45, 2.75) is 44.9 Å². The number of carbonyl (C=O) groups is 2. The van der Waals surface area contributed by atoms with Crippen LogP contribution in [0, 0.1) is 5.92 Å². The van der Waals surface area contributed by atoms with Gasteiger partial charge >= 0.3 is 5.97 Å². The molecule has 0 aliphatic carbocycles. The van der Waals surface area contributed by atoms with Crippen LogP contribution in [-0.2, 0) is 45.5 Å². The van der Waals surface area contributed by atoms with E-state index >= 15 is 0 Å². The van der Waals surface area contributed by atoms with Crippen LogP contribution in [0.1, 0.15) is 60.9 Å². The Bertz CT molecular complexity index is 2460. The number of hydrogen-bond donors (Lipinski definition) is 3. The van der Waals surface area contributed by atoms with Crippen LogP contribution in [0.4, 0.5) is 0 Å². The molecule has 3 unspecified atom stereocenters. The van der Waals surface area contributed by atoms with Crippen molar-refractivity contribution in [3.05, 3.63) is 172 Å². The van der Waals surface area contributed by atoms with Crippen LogP contribution in [0.5, 0.6) is 17.2 Å². The highest BCUT2D eigenvalue weighted by Crippen LogP contribution is 2.38. The predicted molar refractivity (Wildman–Crippen MR) is 240 cm³/mol. The van der Waals surface area contributed by atoms with Crippen molar-refractivity contribution < 1.29 is 58.4 Å². The number of esters is 1. The molecule has 7 rings (SSSR count). The summed E-state index contributed by atoms with van der Waals surface area (Å²) in [5, 5.41) is 29.1. The van der Waals surface area contributed by atoms with E-state index < -0.39 is 18.0 Å². The third kappa shape index (κ3) is 12.5. The maximum absolute atomic E-state index is 14.2. The number of benzene rings is 6. The first-order chi connectivity index (χ1) is 31.7. The number of para-hydroxylation sites is 1. The zero-order chi connectivity index (χ0) is 45.5. The number of piperidine rings is 1. The van der Waals surface area contributed by atoms with Gasteiger partial charge in [-0.1, -0.05) is 78.9 Å². The van der Waals surface area contributed by atoms with Gasteiger partial charge in [-0.2, -0.15) is 0 Å². The molecule has 340 valence electrons. The minimum absolute atomic E-state index is 0.0393. The van der Waals surface area contributed by atoms with E-state index in [0.29, 0.717) is 48.7 Å². The smallest absolute Gasteiger partial charge is 0.338 e. The second-order valence-electron chi connectivity index (χ2n) is 15.7. The molecule has 0 saturated carbocycles. The average molecular weight is 887 g/mol. The van der Waals surface area contributed by atoms with Gasteiger partial charge in [0.1, 0.15) is 17.2 Å². The van der Waals surface area contributed by atoms with Gasteiger partial charge in [-0.15, -0.1) is 0 Å². The molecular weight excluding hydrogens is 833 g/mol. The maximum atomic E-state index is 14.2. The van der Waals surface area contributed by atoms with Gasteiger partial charge in [0, 0.05) is 47.9 Å². The number of fused-ring (bicyclic) bond motifs is 1. The van der Waals surface area contributed by atoms with Crippen molar-refractivity contribution in [3.8, 4) is 17.2 Å². The highest BCUT2D eigenvalue weighted by molar-refractivity contribution is 5.94. The number of amides is 1. The van der Waals surface area contributed by atoms with Gasteiger partial charge in [0.25, 0.3) is 5.91 Å². The van der Waals surface area contributed by atoms with Crippen molar-refractivity contribution >= 4 is 22.6 Å². The fraction of sp³-hybridized carbons (Fsp3) is 0.294. The largest absolute Gasteiger partial charge is 0.496 e. The molecule has 3 atom stereocenters. The SMILES string of the molecule is COc1ccccc1COCCCOc1ccc(C2C(COC(=O)c3ccc(CON(O)O)cc3)CN(C(=O)c3ccc(CO)cc3)CC2OCc2cc(OC)c3ccccc3c2)cc1. The molecule has 6 aromatic carbocycles. The number of carbonyl (C=O) groups excluding carboxylic acids is 2. The first-order valence-corrected chi connectivity index (χ1v) is 21.4. The summed E-state index contributed by atoms with van der Waals surface area (Å²) in [4.78, 5) is 34.2. The van der Waals surface area contributed by atoms with E-state index in [9.17, 15) is 14.7 Å². The first-order valence-electron chi connectivity index (χ1n) is 21.4. The minimum Gasteiger partial charge on any atom is -0.496 e. The fourth-order valence-electron chi connectivity index (χ4n) is 8.07. The molecule has 1 aliphatic heterocycles. The summed E-state index contributed by atoms with van der Waals surface area (Å²) in [6, 6.07) is 40.8. The van der Waals surface area contributed by atoms with Gasteiger partial charge in [-0.25, -0.2) is 9.63 Å². The Morgan fingerprint density at radius 3 is 2.15 bits per heavy atom. The van der Waals surface area contributed by atoms with Gasteiger partial charge in [-0.3, -0.25) is 15.2 Å². The van der Waals surface area contributed by atoms with Crippen molar-refractivity contribution in [2.75, 3.05) is 47.1 Å². The summed E-state index contributed by atoms with van der Waals surface area (Å²) in [7, 11) is 3.28. The van der Waals surface area contributed by atoms with Crippen LogP contribution in [0.2, 0.25) is 0 Å². The molecule has 14 nitrogen and oxygen atoms in total. The van der Waals surface area contributed by atoms with E-state index in [1.807, 2.05) is 78.9 Å². The number of ether oxygens (including phenoxy) is 6. The van der Waals surface area contributed by atoms with Crippen LogP contribution >= 0.6 is 0 Å². The zero-order valence-corrected chi connectivity index (χ0v) is 36.4. The number of likely N-dealkylation sites (tertiary alicyclic amines) is 1. The van der Waals surface area contributed by atoms with E-state index in [4.69, 9.17) is 38.8 Å². The number of rotatable bonds is 21. The van der Waals surface area contributed by atoms with Crippen LogP contribution in [0.25, 0.3) is 10.8 Å². The zero-order valence-electron chi connectivity index (χ0n) is 36.4. The molecule has 6 aromatic rings. The number of nitrogens with zero attached hydrogens (tertiary/aromatic N) is 2. The van der Waals surface area contributed by atoms with Crippen LogP contribution in [0.3, 0.4) is 0 Å². The van der Waals surface area contributed by atoms with Gasteiger partial charge in [-0.05, 0) is 82.2 Å². The summed E-state index contributed by atoms with van der Waals surface area (Å²) in [6.45, 7) is 1.78. The number of aliphatic hydroxyl groups is 1. The Morgan fingerprint density at radius 1 is 0.708 bits per heavy atom. The lowest BCUT2D eigenvalue weighted by atomic mass is 9.78. The second kappa shape index (κ2) is 23.0. The highest BCUT2D eigenvalue weighted by Gasteiger charge is 2.41. The molecule has 0 bridgehead atoms. The molecule has 3 N–H and O–H groups in total. The van der Waals surface area contributed by atoms with Crippen LogP contribution in [0.15, 0.2) is 133 Å². The van der Waals surface area contributed by atoms with Crippen molar-refractivity contribution in [1.82, 2.24) is 10.3 Å². The molecule has 0 spiro atoms. The number of aliphatic hydroxyl groups excluding tert-OH is 1. The highest BCUT2D eigenvalue weighted by atomic mass is 17.1. The van der Waals surface area contributed by atoms with Gasteiger partial charge in [0.2, 0.25) is 0 Å². The molecular formula is C51H54N2O12. The Morgan fingerprint density at radius 2 is 1.42 bits per heavy atom. The predicted octanol–water partition coefficient (Wildman–Crippen LogP) is 8.15. The molecule has 1 amide bonds. The molecule has 0 radical (unpaired) electrons. The standard InChI is InChI=1S/C51H54N2O12/c1-59-46-11-6-4-9-42(46)33-61-24-7-25-62-44-22-20-38(21-23-44)49-43(34-64-51(56)40-18-14-36(15-19-40)32-65-53(57)58)28-52(50(55)39-16-12-35(30-54)13-17-39)29-48(49)63-31-37-26-41-8-3-5-10-45(41)47(27-37)60-2/h3-6,8-23,26-27,43,48-49,54,57-58H,7,24-25,28-34H2,1-2H3. The topological polar surface area (TPSA) is 166 Å². The van der Waals surface area contributed by atoms with E-state index in [1.54, 1.807) is 67.7 Å². The second-order valence-corrected chi connectivity index (χ2v) is 15.7. The van der Waals surface area contributed by atoms with Crippen molar-refractivity contribution in [1.29, 1.82) is 0 Å². The van der Waals surface area contributed by atoms with Gasteiger partial charge in [0.15, 0.2) is 0 Å². The van der Waals surface area contributed by atoms with E-state index in [-0.39, 0.29) is 62.3 Å². The van der Waals surface area contributed by atoms with Crippen molar-refractivity contribution in [3.63, 3.8) is 0 Å². The summed E-state index contributed by atoms with van der Waals surface area (Å²) in [6.07, 6.45) is 0.129. The lowest BCUT2D eigenvalue weighted by Gasteiger charge is -2.44.